The first-order chi connectivity index (χ1) is 12.2. The van der Waals surface area contributed by atoms with Crippen LogP contribution < -0.4 is 16.0 Å². The lowest BCUT2D eigenvalue weighted by Gasteiger charge is -2.19. The molecule has 0 aliphatic carbocycles. The molecule has 0 aromatic rings. The van der Waals surface area contributed by atoms with Gasteiger partial charge in [0.2, 0.25) is 11.8 Å². The molecule has 1 atom stereocenters. The first kappa shape index (κ1) is 24.9. The Bertz CT molecular complexity index is 381. The average Bonchev–Trinajstić information content (AvgIpc) is 2.54. The summed E-state index contributed by atoms with van der Waals surface area (Å²) in [5.41, 5.74) is 0. The first-order valence-corrected chi connectivity index (χ1v) is 10.5. The smallest absolute Gasteiger partial charge is 0.242 e. The Morgan fingerprint density at radius 3 is 2.00 bits per heavy atom. The molecule has 0 aliphatic heterocycles. The normalized spacial score (nSPS) is 12.7. The number of rotatable bonds is 15. The van der Waals surface area contributed by atoms with E-state index in [-0.39, 0.29) is 11.8 Å². The number of carbonyl (C=O) groups excluding carboxylic acids is 2. The second-order valence-corrected chi connectivity index (χ2v) is 8.48. The van der Waals surface area contributed by atoms with Crippen LogP contribution in [0.15, 0.2) is 0 Å². The molecule has 2 amide bonds. The van der Waals surface area contributed by atoms with E-state index in [0.29, 0.717) is 37.3 Å². The Balaban J connectivity index is 4.36. The molecule has 26 heavy (non-hydrogen) atoms. The van der Waals surface area contributed by atoms with Crippen molar-refractivity contribution in [3.05, 3.63) is 0 Å². The zero-order valence-corrected chi connectivity index (χ0v) is 18.0. The van der Waals surface area contributed by atoms with Crippen molar-refractivity contribution < 1.29 is 9.59 Å². The maximum atomic E-state index is 12.5. The predicted molar refractivity (Wildman–Crippen MR) is 110 cm³/mol. The van der Waals surface area contributed by atoms with E-state index in [1.54, 1.807) is 0 Å². The molecule has 5 nitrogen and oxygen atoms in total. The van der Waals surface area contributed by atoms with Crippen molar-refractivity contribution in [1.82, 2.24) is 16.0 Å². The van der Waals surface area contributed by atoms with E-state index in [1.807, 2.05) is 0 Å². The van der Waals surface area contributed by atoms with Crippen LogP contribution in [0.5, 0.6) is 0 Å². The van der Waals surface area contributed by atoms with Gasteiger partial charge < -0.3 is 16.0 Å². The summed E-state index contributed by atoms with van der Waals surface area (Å²) in [5, 5.41) is 9.33. The third kappa shape index (κ3) is 15.2. The van der Waals surface area contributed by atoms with Crippen LogP contribution in [-0.4, -0.2) is 37.0 Å². The van der Waals surface area contributed by atoms with E-state index in [2.05, 4.69) is 57.5 Å². The summed E-state index contributed by atoms with van der Waals surface area (Å²) in [7, 11) is 0. The van der Waals surface area contributed by atoms with E-state index in [1.165, 1.54) is 0 Å². The minimum Gasteiger partial charge on any atom is -0.354 e. The molecule has 154 valence electrons. The molecule has 0 aliphatic rings. The van der Waals surface area contributed by atoms with Crippen molar-refractivity contribution >= 4 is 11.8 Å². The standard InChI is InChI=1S/C21H43N3O2/c1-16(2)10-9-15-23-21(26)19(11-7-8-14-22-18(5)6)24-20(25)13-12-17(3)4/h16-19,22H,7-15H2,1-6H3,(H,23,26)(H,24,25)/t19-/m0/s1. The number of nitrogens with one attached hydrogen (secondary N) is 3. The van der Waals surface area contributed by atoms with Crippen molar-refractivity contribution in [2.45, 2.75) is 98.6 Å². The lowest BCUT2D eigenvalue weighted by atomic mass is 10.1. The zero-order chi connectivity index (χ0) is 19.9. The Kier molecular flexibility index (Phi) is 14.4. The molecule has 0 fully saturated rings. The zero-order valence-electron chi connectivity index (χ0n) is 18.0. The number of hydrogen-bond acceptors (Lipinski definition) is 3. The van der Waals surface area contributed by atoms with Crippen LogP contribution in [0.4, 0.5) is 0 Å². The van der Waals surface area contributed by atoms with Crippen LogP contribution >= 0.6 is 0 Å². The molecule has 0 heterocycles. The Labute approximate surface area is 161 Å². The molecule has 3 N–H and O–H groups in total. The summed E-state index contributed by atoms with van der Waals surface area (Å²) in [6, 6.07) is 0.0681. The highest BCUT2D eigenvalue weighted by molar-refractivity contribution is 5.87. The third-order valence-electron chi connectivity index (χ3n) is 4.33. The lowest BCUT2D eigenvalue weighted by Crippen LogP contribution is -2.47. The second kappa shape index (κ2) is 15.0. The van der Waals surface area contributed by atoms with Crippen LogP contribution in [0, 0.1) is 11.8 Å². The van der Waals surface area contributed by atoms with Gasteiger partial charge in [0.15, 0.2) is 0 Å². The Morgan fingerprint density at radius 2 is 1.42 bits per heavy atom. The number of carbonyl (C=O) groups is 2. The monoisotopic (exact) mass is 369 g/mol. The topological polar surface area (TPSA) is 70.2 Å². The number of unbranched alkanes of at least 4 members (excludes halogenated alkanes) is 1. The maximum Gasteiger partial charge on any atom is 0.242 e. The van der Waals surface area contributed by atoms with Gasteiger partial charge in [0.05, 0.1) is 0 Å². The van der Waals surface area contributed by atoms with Crippen LogP contribution in [0.1, 0.15) is 86.5 Å². The average molecular weight is 370 g/mol. The fourth-order valence-corrected chi connectivity index (χ4v) is 2.66. The highest BCUT2D eigenvalue weighted by atomic mass is 16.2. The summed E-state index contributed by atoms with van der Waals surface area (Å²) in [6.07, 6.45) is 6.06. The van der Waals surface area contributed by atoms with Crippen molar-refractivity contribution in [2.24, 2.45) is 11.8 Å². The summed E-state index contributed by atoms with van der Waals surface area (Å²) in [4.78, 5) is 24.6. The summed E-state index contributed by atoms with van der Waals surface area (Å²) in [5.74, 6) is 1.09. The highest BCUT2D eigenvalue weighted by Gasteiger charge is 2.20. The summed E-state index contributed by atoms with van der Waals surface area (Å²) < 4.78 is 0. The molecule has 0 saturated heterocycles. The van der Waals surface area contributed by atoms with Gasteiger partial charge in [-0.1, -0.05) is 41.5 Å². The van der Waals surface area contributed by atoms with Crippen LogP contribution in [-0.2, 0) is 9.59 Å². The maximum absolute atomic E-state index is 12.5. The van der Waals surface area contributed by atoms with Gasteiger partial charge in [0.1, 0.15) is 6.04 Å². The van der Waals surface area contributed by atoms with Crippen molar-refractivity contribution in [1.29, 1.82) is 0 Å². The van der Waals surface area contributed by atoms with E-state index in [9.17, 15) is 9.59 Å². The van der Waals surface area contributed by atoms with Crippen molar-refractivity contribution in [2.75, 3.05) is 13.1 Å². The second-order valence-electron chi connectivity index (χ2n) is 8.48. The molecule has 0 unspecified atom stereocenters. The fourth-order valence-electron chi connectivity index (χ4n) is 2.66. The van der Waals surface area contributed by atoms with E-state index >= 15 is 0 Å². The molecule has 0 bridgehead atoms. The molecule has 5 heteroatoms. The van der Waals surface area contributed by atoms with Crippen LogP contribution in [0.2, 0.25) is 0 Å². The Hall–Kier alpha value is -1.10. The highest BCUT2D eigenvalue weighted by Crippen LogP contribution is 2.07. The molecule has 0 saturated carbocycles. The summed E-state index contributed by atoms with van der Waals surface area (Å²) >= 11 is 0. The van der Waals surface area contributed by atoms with Gasteiger partial charge in [-0.3, -0.25) is 9.59 Å². The number of hydrogen-bond donors (Lipinski definition) is 3. The predicted octanol–water partition coefficient (Wildman–Crippen LogP) is 3.63. The van der Waals surface area contributed by atoms with Gasteiger partial charge in [-0.2, -0.15) is 0 Å². The van der Waals surface area contributed by atoms with Crippen LogP contribution in [0.3, 0.4) is 0 Å². The Morgan fingerprint density at radius 1 is 0.769 bits per heavy atom. The molecule has 0 aromatic carbocycles. The fraction of sp³-hybridized carbons (Fsp3) is 0.905. The van der Waals surface area contributed by atoms with E-state index in [0.717, 1.165) is 38.6 Å². The van der Waals surface area contributed by atoms with E-state index < -0.39 is 6.04 Å². The molecule has 0 radical (unpaired) electrons. The SMILES string of the molecule is CC(C)CCCNC(=O)[C@H](CCCCNC(C)C)NC(=O)CCC(C)C. The quantitative estimate of drug-likeness (QED) is 0.386. The van der Waals surface area contributed by atoms with Gasteiger partial charge in [-0.15, -0.1) is 0 Å². The van der Waals surface area contributed by atoms with Crippen molar-refractivity contribution in [3.63, 3.8) is 0 Å². The number of amides is 2. The van der Waals surface area contributed by atoms with Gasteiger partial charge in [-0.25, -0.2) is 0 Å². The molecule has 0 aromatic heterocycles. The first-order valence-electron chi connectivity index (χ1n) is 10.5. The van der Waals surface area contributed by atoms with E-state index in [4.69, 9.17) is 0 Å². The minimum atomic E-state index is -0.409. The minimum absolute atomic E-state index is 0.0127. The third-order valence-corrected chi connectivity index (χ3v) is 4.33. The molecule has 0 spiro atoms. The van der Waals surface area contributed by atoms with Gasteiger partial charge >= 0.3 is 0 Å². The molecular weight excluding hydrogens is 326 g/mol. The van der Waals surface area contributed by atoms with Gasteiger partial charge in [0, 0.05) is 19.0 Å². The van der Waals surface area contributed by atoms with Crippen LogP contribution in [0.25, 0.3) is 0 Å². The van der Waals surface area contributed by atoms with Gasteiger partial charge in [0.25, 0.3) is 0 Å². The largest absolute Gasteiger partial charge is 0.354 e. The summed E-state index contributed by atoms with van der Waals surface area (Å²) in [6.45, 7) is 14.5. The van der Waals surface area contributed by atoms with Crippen molar-refractivity contribution in [3.8, 4) is 0 Å². The van der Waals surface area contributed by atoms with Gasteiger partial charge in [-0.05, 0) is 56.9 Å². The molecular formula is C21H43N3O2. The molecule has 0 rings (SSSR count). The lowest BCUT2D eigenvalue weighted by molar-refractivity contribution is -0.129.